The third-order valence-corrected chi connectivity index (χ3v) is 2.25. The van der Waals surface area contributed by atoms with Crippen LogP contribution >= 0.6 is 0 Å². The summed E-state index contributed by atoms with van der Waals surface area (Å²) in [5, 5.41) is 10.8. The van der Waals surface area contributed by atoms with E-state index in [-0.39, 0.29) is 5.70 Å². The summed E-state index contributed by atoms with van der Waals surface area (Å²) in [5.41, 5.74) is 0.166. The van der Waals surface area contributed by atoms with Crippen molar-refractivity contribution in [3.05, 3.63) is 36.0 Å². The van der Waals surface area contributed by atoms with Crippen molar-refractivity contribution in [1.82, 2.24) is 5.06 Å². The van der Waals surface area contributed by atoms with Gasteiger partial charge in [0.25, 0.3) is 0 Å². The number of carbonyl (C=O) groups excluding carboxylic acids is 1. The summed E-state index contributed by atoms with van der Waals surface area (Å²) in [6.45, 7) is 0.501. The van der Waals surface area contributed by atoms with Gasteiger partial charge >= 0.3 is 0 Å². The summed E-state index contributed by atoms with van der Waals surface area (Å²) in [7, 11) is 0. The van der Waals surface area contributed by atoms with E-state index in [1.807, 2.05) is 18.2 Å². The summed E-state index contributed by atoms with van der Waals surface area (Å²) in [6.07, 6.45) is -0.261. The molecule has 0 aromatic heterocycles. The van der Waals surface area contributed by atoms with E-state index in [9.17, 15) is 9.90 Å². The fraction of sp³-hybridized carbons (Fsp3) is 0.273. The molecule has 0 radical (unpaired) electrons. The lowest BCUT2D eigenvalue weighted by Gasteiger charge is -2.18. The smallest absolute Gasteiger partial charge is 0.164 e. The summed E-state index contributed by atoms with van der Waals surface area (Å²) in [6, 6.07) is 9.13. The molecule has 0 saturated carbocycles. The number of para-hydroxylation sites is 1. The van der Waals surface area contributed by atoms with E-state index in [1.165, 1.54) is 5.06 Å². The lowest BCUT2D eigenvalue weighted by molar-refractivity contribution is -0.00804. The third-order valence-electron chi connectivity index (χ3n) is 2.25. The second-order valence-corrected chi connectivity index (χ2v) is 3.30. The molecule has 1 aliphatic heterocycles. The molecule has 1 saturated heterocycles. The first-order valence-corrected chi connectivity index (χ1v) is 4.75. The average Bonchev–Trinajstić information content (AvgIpc) is 2.61. The number of aliphatic hydroxyl groups excluding tert-OH is 1. The Morgan fingerprint density at radius 2 is 2.13 bits per heavy atom. The molecule has 1 fully saturated rings. The van der Waals surface area contributed by atoms with Crippen molar-refractivity contribution in [2.75, 3.05) is 6.54 Å². The zero-order valence-corrected chi connectivity index (χ0v) is 8.09. The maximum Gasteiger partial charge on any atom is 0.164 e. The largest absolute Gasteiger partial charge is 0.386 e. The van der Waals surface area contributed by atoms with Crippen molar-refractivity contribution in [3.8, 4) is 5.75 Å². The van der Waals surface area contributed by atoms with E-state index < -0.39 is 6.10 Å². The predicted molar refractivity (Wildman–Crippen MR) is 53.6 cm³/mol. The molecule has 78 valence electrons. The molecule has 0 bridgehead atoms. The van der Waals surface area contributed by atoms with Gasteiger partial charge in [-0.25, -0.2) is 9.86 Å². The molecule has 1 atom stereocenters. The monoisotopic (exact) mass is 205 g/mol. The summed E-state index contributed by atoms with van der Waals surface area (Å²) in [4.78, 5) is 16.0. The van der Waals surface area contributed by atoms with Gasteiger partial charge in [0.05, 0.1) is 6.54 Å². The van der Waals surface area contributed by atoms with E-state index in [0.29, 0.717) is 18.7 Å². The molecular weight excluding hydrogens is 194 g/mol. The number of hydrogen-bond donors (Lipinski definition) is 1. The number of hydrogen-bond acceptors (Lipinski definition) is 4. The minimum Gasteiger partial charge on any atom is -0.386 e. The topological polar surface area (TPSA) is 49.8 Å². The second-order valence-electron chi connectivity index (χ2n) is 3.30. The first-order chi connectivity index (χ1) is 7.31. The number of rotatable bonds is 2. The van der Waals surface area contributed by atoms with Gasteiger partial charge in [0, 0.05) is 6.42 Å². The van der Waals surface area contributed by atoms with Crippen LogP contribution in [0.4, 0.5) is 0 Å². The van der Waals surface area contributed by atoms with Crippen molar-refractivity contribution in [1.29, 1.82) is 0 Å². The third kappa shape index (κ3) is 2.01. The molecule has 1 heterocycles. The molecule has 1 N–H and O–H groups in total. The van der Waals surface area contributed by atoms with Crippen LogP contribution in [0.3, 0.4) is 0 Å². The summed E-state index contributed by atoms with van der Waals surface area (Å²) >= 11 is 0. The quantitative estimate of drug-likeness (QED) is 0.724. The lowest BCUT2D eigenvalue weighted by atomic mass is 10.3. The number of aliphatic hydroxyl groups is 1. The van der Waals surface area contributed by atoms with Gasteiger partial charge in [0.15, 0.2) is 17.4 Å². The predicted octanol–water partition coefficient (Wildman–Crippen LogP) is 0.762. The molecule has 1 aromatic rings. The highest BCUT2D eigenvalue weighted by molar-refractivity contribution is 5.53. The van der Waals surface area contributed by atoms with Gasteiger partial charge in [-0.15, -0.1) is 0 Å². The minimum absolute atomic E-state index is 0.166. The average molecular weight is 205 g/mol. The Kier molecular flexibility index (Phi) is 2.72. The Bertz CT molecular complexity index is 384. The van der Waals surface area contributed by atoms with E-state index in [2.05, 4.69) is 0 Å². The lowest BCUT2D eigenvalue weighted by Crippen LogP contribution is -2.24. The first-order valence-electron chi connectivity index (χ1n) is 4.75. The standard InChI is InChI=1S/C11H11NO3/c13-8-10-11(14)6-7-12(10)15-9-4-2-1-3-5-9/h1-5,11,14H,6-7H2. The van der Waals surface area contributed by atoms with Crippen LogP contribution in [-0.2, 0) is 4.79 Å². The molecular formula is C11H11NO3. The highest BCUT2D eigenvalue weighted by Crippen LogP contribution is 2.21. The number of benzene rings is 1. The highest BCUT2D eigenvalue weighted by atomic mass is 16.7. The van der Waals surface area contributed by atoms with Gasteiger partial charge in [-0.1, -0.05) is 18.2 Å². The molecule has 1 unspecified atom stereocenters. The molecule has 0 aliphatic carbocycles. The van der Waals surface area contributed by atoms with Gasteiger partial charge in [0.1, 0.15) is 6.10 Å². The fourth-order valence-corrected chi connectivity index (χ4v) is 1.49. The maximum atomic E-state index is 10.6. The Hall–Kier alpha value is -1.77. The Morgan fingerprint density at radius 1 is 1.40 bits per heavy atom. The SMILES string of the molecule is O=C=C1C(O)CCN1Oc1ccccc1. The number of nitrogens with zero attached hydrogens (tertiary/aromatic N) is 1. The molecule has 0 spiro atoms. The molecule has 4 nitrogen and oxygen atoms in total. The van der Waals surface area contributed by atoms with Gasteiger partial charge in [-0.05, 0) is 12.1 Å². The van der Waals surface area contributed by atoms with E-state index in [0.717, 1.165) is 0 Å². The molecule has 0 amide bonds. The summed E-state index contributed by atoms with van der Waals surface area (Å²) in [5.74, 6) is 2.34. The molecule has 2 rings (SSSR count). The zero-order valence-electron chi connectivity index (χ0n) is 8.09. The Morgan fingerprint density at radius 3 is 2.80 bits per heavy atom. The van der Waals surface area contributed by atoms with Crippen LogP contribution in [0.1, 0.15) is 6.42 Å². The van der Waals surface area contributed by atoms with Gasteiger partial charge in [0.2, 0.25) is 0 Å². The summed E-state index contributed by atoms with van der Waals surface area (Å²) < 4.78 is 0. The zero-order chi connectivity index (χ0) is 10.7. The van der Waals surface area contributed by atoms with E-state index in [1.54, 1.807) is 18.1 Å². The minimum atomic E-state index is -0.758. The fourth-order valence-electron chi connectivity index (χ4n) is 1.49. The van der Waals surface area contributed by atoms with E-state index >= 15 is 0 Å². The maximum absolute atomic E-state index is 10.6. The normalized spacial score (nSPS) is 20.2. The first kappa shape index (κ1) is 9.77. The van der Waals surface area contributed by atoms with Crippen LogP contribution in [0.5, 0.6) is 5.75 Å². The van der Waals surface area contributed by atoms with Crippen LogP contribution in [0.15, 0.2) is 36.0 Å². The molecule has 1 aromatic carbocycles. The van der Waals surface area contributed by atoms with Gasteiger partial charge in [-0.3, -0.25) is 0 Å². The Labute approximate surface area is 87.3 Å². The van der Waals surface area contributed by atoms with Crippen LogP contribution in [0.2, 0.25) is 0 Å². The van der Waals surface area contributed by atoms with E-state index in [4.69, 9.17) is 4.84 Å². The van der Waals surface area contributed by atoms with Crippen molar-refractivity contribution >= 4 is 5.94 Å². The molecule has 1 aliphatic rings. The molecule has 4 heteroatoms. The highest BCUT2D eigenvalue weighted by Gasteiger charge is 2.29. The van der Waals surface area contributed by atoms with Crippen molar-refractivity contribution in [3.63, 3.8) is 0 Å². The van der Waals surface area contributed by atoms with Crippen molar-refractivity contribution < 1.29 is 14.7 Å². The Balaban J connectivity index is 2.11. The van der Waals surface area contributed by atoms with Crippen molar-refractivity contribution in [2.45, 2.75) is 12.5 Å². The van der Waals surface area contributed by atoms with Crippen molar-refractivity contribution in [2.24, 2.45) is 0 Å². The van der Waals surface area contributed by atoms with Crippen LogP contribution in [0, 0.1) is 0 Å². The van der Waals surface area contributed by atoms with Crippen LogP contribution in [-0.4, -0.2) is 28.8 Å². The van der Waals surface area contributed by atoms with Crippen LogP contribution < -0.4 is 4.84 Å². The molecule has 15 heavy (non-hydrogen) atoms. The van der Waals surface area contributed by atoms with Gasteiger partial charge < -0.3 is 9.94 Å². The van der Waals surface area contributed by atoms with Gasteiger partial charge in [-0.2, -0.15) is 0 Å². The second kappa shape index (κ2) is 4.17. The number of hydroxylamine groups is 2. The van der Waals surface area contributed by atoms with Crippen LogP contribution in [0.25, 0.3) is 0 Å².